The van der Waals surface area contributed by atoms with Gasteiger partial charge in [0.15, 0.2) is 0 Å². The van der Waals surface area contributed by atoms with E-state index in [0.29, 0.717) is 11.4 Å². The molecule has 1 atom stereocenters. The zero-order chi connectivity index (χ0) is 13.8. The third kappa shape index (κ3) is 4.13. The van der Waals surface area contributed by atoms with Gasteiger partial charge >= 0.3 is 0 Å². The minimum Gasteiger partial charge on any atom is -0.495 e. The number of rotatable bonds is 6. The predicted molar refractivity (Wildman–Crippen MR) is 69.5 cm³/mol. The Morgan fingerprint density at radius 1 is 1.50 bits per heavy atom. The van der Waals surface area contributed by atoms with Crippen LogP contribution in [0.1, 0.15) is 13.3 Å². The highest BCUT2D eigenvalue weighted by Gasteiger charge is 2.19. The van der Waals surface area contributed by atoms with Gasteiger partial charge in [0.25, 0.3) is 0 Å². The number of sulfonamides is 1. The van der Waals surface area contributed by atoms with Gasteiger partial charge in [-0.25, -0.2) is 13.1 Å². The molecule has 102 valence electrons. The molecule has 1 rings (SSSR count). The minimum atomic E-state index is -3.66. The van der Waals surface area contributed by atoms with Crippen LogP contribution in [0.25, 0.3) is 0 Å². The summed E-state index contributed by atoms with van der Waals surface area (Å²) in [6.45, 7) is 1.75. The zero-order valence-corrected chi connectivity index (χ0v) is 11.8. The number of aliphatic hydroxyl groups excluding tert-OH is 1. The van der Waals surface area contributed by atoms with E-state index >= 15 is 0 Å². The molecule has 0 aromatic heterocycles. The Morgan fingerprint density at radius 3 is 2.72 bits per heavy atom. The van der Waals surface area contributed by atoms with E-state index in [0.717, 1.165) is 0 Å². The Kier molecular flexibility index (Phi) is 5.40. The van der Waals surface area contributed by atoms with Crippen molar-refractivity contribution in [3.05, 3.63) is 23.2 Å². The van der Waals surface area contributed by atoms with E-state index in [9.17, 15) is 8.42 Å². The first-order valence-electron chi connectivity index (χ1n) is 5.38. The lowest BCUT2D eigenvalue weighted by Crippen LogP contribution is -2.27. The van der Waals surface area contributed by atoms with Crippen molar-refractivity contribution >= 4 is 21.6 Å². The molecule has 1 unspecified atom stereocenters. The Labute approximate surface area is 112 Å². The van der Waals surface area contributed by atoms with Crippen LogP contribution in [0.4, 0.5) is 0 Å². The van der Waals surface area contributed by atoms with E-state index in [-0.39, 0.29) is 17.2 Å². The molecular weight excluding hydrogens is 278 g/mol. The standard InChI is InChI=1S/C11H16ClNO4S/c1-8(14)5-6-13-18(15,16)11-4-3-9(12)7-10(11)17-2/h3-4,7-8,13-14H,5-6H2,1-2H3. The molecule has 0 amide bonds. The molecule has 0 aliphatic rings. The van der Waals surface area contributed by atoms with Crippen molar-refractivity contribution in [2.24, 2.45) is 0 Å². The number of nitrogens with one attached hydrogen (secondary N) is 1. The van der Waals surface area contributed by atoms with Gasteiger partial charge in [0.1, 0.15) is 10.6 Å². The van der Waals surface area contributed by atoms with Crippen LogP contribution >= 0.6 is 11.6 Å². The highest BCUT2D eigenvalue weighted by atomic mass is 35.5. The van der Waals surface area contributed by atoms with E-state index in [4.69, 9.17) is 21.4 Å². The van der Waals surface area contributed by atoms with E-state index in [1.165, 1.54) is 25.3 Å². The van der Waals surface area contributed by atoms with Gasteiger partial charge in [0.2, 0.25) is 10.0 Å². The Morgan fingerprint density at radius 2 is 2.17 bits per heavy atom. The molecule has 5 nitrogen and oxygen atoms in total. The summed E-state index contributed by atoms with van der Waals surface area (Å²) in [4.78, 5) is 0.0278. The summed E-state index contributed by atoms with van der Waals surface area (Å²) < 4.78 is 31.4. The van der Waals surface area contributed by atoms with Crippen LogP contribution in [0, 0.1) is 0 Å². The molecule has 0 bridgehead atoms. The maximum Gasteiger partial charge on any atom is 0.244 e. The second kappa shape index (κ2) is 6.38. The second-order valence-corrected chi connectivity index (χ2v) is 6.00. The predicted octanol–water partition coefficient (Wildman–Crippen LogP) is 1.40. The molecule has 1 aromatic carbocycles. The summed E-state index contributed by atoms with van der Waals surface area (Å²) in [6.07, 6.45) is -0.213. The number of hydrogen-bond acceptors (Lipinski definition) is 4. The molecule has 0 saturated carbocycles. The summed E-state index contributed by atoms with van der Waals surface area (Å²) in [5, 5.41) is 9.48. The van der Waals surface area contributed by atoms with Gasteiger partial charge in [0, 0.05) is 17.6 Å². The van der Waals surface area contributed by atoms with Gasteiger partial charge < -0.3 is 9.84 Å². The van der Waals surface area contributed by atoms with Crippen LogP contribution in [-0.4, -0.2) is 33.3 Å². The maximum atomic E-state index is 12.0. The molecule has 0 aliphatic carbocycles. The second-order valence-electron chi connectivity index (χ2n) is 3.83. The van der Waals surface area contributed by atoms with Crippen LogP contribution in [0.3, 0.4) is 0 Å². The molecular formula is C11H16ClNO4S. The normalized spacial score (nSPS) is 13.3. The minimum absolute atomic E-state index is 0.0278. The monoisotopic (exact) mass is 293 g/mol. The lowest BCUT2D eigenvalue weighted by atomic mass is 10.3. The summed E-state index contributed by atoms with van der Waals surface area (Å²) in [6, 6.07) is 4.30. The average Bonchev–Trinajstić information content (AvgIpc) is 2.27. The smallest absolute Gasteiger partial charge is 0.244 e. The largest absolute Gasteiger partial charge is 0.495 e. The van der Waals surface area contributed by atoms with Crippen molar-refractivity contribution in [1.29, 1.82) is 0 Å². The fourth-order valence-corrected chi connectivity index (χ4v) is 2.70. The van der Waals surface area contributed by atoms with E-state index in [1.807, 2.05) is 0 Å². The van der Waals surface area contributed by atoms with Crippen LogP contribution in [0.15, 0.2) is 23.1 Å². The number of halogens is 1. The molecule has 0 aliphatic heterocycles. The van der Waals surface area contributed by atoms with E-state index in [2.05, 4.69) is 4.72 Å². The number of hydrogen-bond donors (Lipinski definition) is 2. The van der Waals surface area contributed by atoms with Gasteiger partial charge in [-0.2, -0.15) is 0 Å². The molecule has 18 heavy (non-hydrogen) atoms. The third-order valence-corrected chi connectivity index (χ3v) is 4.00. The van der Waals surface area contributed by atoms with Gasteiger partial charge in [-0.15, -0.1) is 0 Å². The van der Waals surface area contributed by atoms with Gasteiger partial charge in [-0.05, 0) is 25.5 Å². The summed E-state index contributed by atoms with van der Waals surface area (Å²) >= 11 is 5.76. The van der Waals surface area contributed by atoms with Crippen molar-refractivity contribution in [1.82, 2.24) is 4.72 Å². The number of aliphatic hydroxyl groups is 1. The lowest BCUT2D eigenvalue weighted by Gasteiger charge is -2.11. The van der Waals surface area contributed by atoms with E-state index in [1.54, 1.807) is 6.92 Å². The molecule has 0 spiro atoms. The van der Waals surface area contributed by atoms with Crippen LogP contribution < -0.4 is 9.46 Å². The van der Waals surface area contributed by atoms with E-state index < -0.39 is 16.1 Å². The van der Waals surface area contributed by atoms with Crippen molar-refractivity contribution in [2.75, 3.05) is 13.7 Å². The van der Waals surface area contributed by atoms with Crippen molar-refractivity contribution in [2.45, 2.75) is 24.3 Å². The fraction of sp³-hybridized carbons (Fsp3) is 0.455. The summed E-state index contributed by atoms with van der Waals surface area (Å²) in [5.41, 5.74) is 0. The Balaban J connectivity index is 2.91. The topological polar surface area (TPSA) is 75.6 Å². The summed E-state index contributed by atoms with van der Waals surface area (Å²) in [5.74, 6) is 0.187. The van der Waals surface area contributed by atoms with Crippen molar-refractivity contribution in [3.63, 3.8) is 0 Å². The molecule has 1 aromatic rings. The molecule has 0 saturated heterocycles. The number of ether oxygens (including phenoxy) is 1. The van der Waals surface area contributed by atoms with Gasteiger partial charge in [0.05, 0.1) is 13.2 Å². The van der Waals surface area contributed by atoms with Gasteiger partial charge in [-0.3, -0.25) is 0 Å². The highest BCUT2D eigenvalue weighted by Crippen LogP contribution is 2.26. The van der Waals surface area contributed by atoms with Gasteiger partial charge in [-0.1, -0.05) is 11.6 Å². The SMILES string of the molecule is COc1cc(Cl)ccc1S(=O)(=O)NCCC(C)O. The molecule has 0 fully saturated rings. The summed E-state index contributed by atoms with van der Waals surface area (Å²) in [7, 11) is -2.28. The van der Waals surface area contributed by atoms with Crippen molar-refractivity contribution < 1.29 is 18.3 Å². The van der Waals surface area contributed by atoms with Crippen molar-refractivity contribution in [3.8, 4) is 5.75 Å². The molecule has 2 N–H and O–H groups in total. The highest BCUT2D eigenvalue weighted by molar-refractivity contribution is 7.89. The maximum absolute atomic E-state index is 12.0. The Bertz CT molecular complexity index is 502. The van der Waals surface area contributed by atoms with Crippen LogP contribution in [0.2, 0.25) is 5.02 Å². The lowest BCUT2D eigenvalue weighted by molar-refractivity contribution is 0.186. The fourth-order valence-electron chi connectivity index (χ4n) is 1.34. The number of methoxy groups -OCH3 is 1. The first-order chi connectivity index (χ1) is 8.36. The Hall–Kier alpha value is -0.820. The first-order valence-corrected chi connectivity index (χ1v) is 7.24. The average molecular weight is 294 g/mol. The van der Waals surface area contributed by atoms with Crippen LogP contribution in [0.5, 0.6) is 5.75 Å². The third-order valence-electron chi connectivity index (χ3n) is 2.27. The quantitative estimate of drug-likeness (QED) is 0.831. The molecule has 0 heterocycles. The molecule has 7 heteroatoms. The number of benzene rings is 1. The first kappa shape index (κ1) is 15.2. The zero-order valence-electron chi connectivity index (χ0n) is 10.2. The van der Waals surface area contributed by atoms with Crippen LogP contribution in [-0.2, 0) is 10.0 Å². The molecule has 0 radical (unpaired) electrons.